The smallest absolute Gasteiger partial charge is 0.261 e. The summed E-state index contributed by atoms with van der Waals surface area (Å²) in [4.78, 5) is 67.8. The van der Waals surface area contributed by atoms with Crippen LogP contribution in [0.25, 0.3) is 140 Å². The van der Waals surface area contributed by atoms with Crippen molar-refractivity contribution >= 4 is 164 Å². The highest BCUT2D eigenvalue weighted by Crippen LogP contribution is 2.58. The number of amides is 4. The van der Waals surface area contributed by atoms with E-state index in [1.54, 1.807) is 9.80 Å². The lowest BCUT2D eigenvalue weighted by atomic mass is 9.79. The maximum absolute atomic E-state index is 16.1. The number of rotatable bonds is 58. The molecule has 0 saturated carbocycles. The van der Waals surface area contributed by atoms with Crippen molar-refractivity contribution in [2.75, 3.05) is 26.4 Å². The number of carbonyl (C=O) groups excluding carboxylic acids is 4. The average Bonchev–Trinajstić information content (AvgIpc) is 0.669. The van der Waals surface area contributed by atoms with Gasteiger partial charge in [-0.05, 0) is 173 Å². The van der Waals surface area contributed by atoms with E-state index in [0.717, 1.165) is 281 Å². The van der Waals surface area contributed by atoms with E-state index in [4.69, 9.17) is 18.9 Å². The van der Waals surface area contributed by atoms with E-state index in [0.29, 0.717) is 71.7 Å². The molecule has 126 heavy (non-hydrogen) atoms. The Labute approximate surface area is 751 Å². The maximum Gasteiger partial charge on any atom is 0.261 e. The lowest BCUT2D eigenvalue weighted by molar-refractivity contribution is 0.0501. The zero-order valence-electron chi connectivity index (χ0n) is 78.3. The topological polar surface area (TPSA) is 112 Å². The third-order valence-electron chi connectivity index (χ3n) is 29.5. The van der Waals surface area contributed by atoms with E-state index in [9.17, 15) is 0 Å². The summed E-state index contributed by atoms with van der Waals surface area (Å²) in [6.07, 6.45) is 52.4. The molecule has 668 valence electrons. The van der Waals surface area contributed by atoms with Gasteiger partial charge >= 0.3 is 0 Å². The molecular formula is C116H146N2O8. The van der Waals surface area contributed by atoms with E-state index in [1.807, 2.05) is 0 Å². The van der Waals surface area contributed by atoms with Gasteiger partial charge in [0.1, 0.15) is 23.0 Å². The monoisotopic (exact) mass is 1700 g/mol. The average molecular weight is 1700 g/mol. The van der Waals surface area contributed by atoms with Gasteiger partial charge in [0.15, 0.2) is 0 Å². The number of benzene rings is 14. The summed E-state index contributed by atoms with van der Waals surface area (Å²) in [5.74, 6) is 2.03. The molecule has 2 aliphatic heterocycles. The Bertz CT molecular complexity index is 5380. The first-order chi connectivity index (χ1) is 62.1. The normalized spacial score (nSPS) is 13.5. The summed E-state index contributed by atoms with van der Waals surface area (Å²) in [5.41, 5.74) is 2.26. The minimum Gasteiger partial charge on any atom is -0.493 e. The minimum absolute atomic E-state index is 0.196. The van der Waals surface area contributed by atoms with Crippen LogP contribution < -0.4 is 18.9 Å². The molecule has 0 bridgehead atoms. The van der Waals surface area contributed by atoms with E-state index in [1.165, 1.54) is 167 Å². The SMILES string of the molecule is CCCCCCCCOc1cc2c3c(cc(OCCCCCCCC)c4c5ccc6c7ccc8c9ccc%10c%11c(OCCCCCCCC)cc%12c%13c(cc(OCCCCCCCC)c(c%14ccc(c%15ccc(c%16ccc(c1c34)c5c%166)c7c%158)c9c%14%10)c%13%11)C(=O)N(C(CCCCCCC)CCCCCCC)C%12=O)C(=O)N(C(CCCCCCC)CCCCCCC)C2=O. The lowest BCUT2D eigenvalue weighted by Gasteiger charge is -2.35. The number of ether oxygens (including phenoxy) is 4. The number of hydrogen-bond donors (Lipinski definition) is 0. The van der Waals surface area contributed by atoms with E-state index in [-0.39, 0.29) is 35.7 Å². The molecule has 0 spiro atoms. The van der Waals surface area contributed by atoms with Crippen LogP contribution in [0.2, 0.25) is 0 Å². The van der Waals surface area contributed by atoms with E-state index < -0.39 is 0 Å². The Morgan fingerprint density at radius 3 is 0.556 bits per heavy atom. The molecular weight excluding hydrogens is 1550 g/mol. The maximum atomic E-state index is 16.1. The zero-order valence-corrected chi connectivity index (χ0v) is 78.3. The Morgan fingerprint density at radius 2 is 0.357 bits per heavy atom. The van der Waals surface area contributed by atoms with Gasteiger partial charge < -0.3 is 18.9 Å². The number of fused-ring (bicyclic) bond motifs is 8. The lowest BCUT2D eigenvalue weighted by Crippen LogP contribution is -2.47. The van der Waals surface area contributed by atoms with Crippen molar-refractivity contribution in [3.8, 4) is 23.0 Å². The number of unbranched alkanes of at least 4 members (excludes halogenated alkanes) is 36. The zero-order chi connectivity index (χ0) is 87.2. The summed E-state index contributed by atoms with van der Waals surface area (Å²) in [5, 5.41) is 27.8. The van der Waals surface area contributed by atoms with Crippen molar-refractivity contribution < 1.29 is 38.1 Å². The Morgan fingerprint density at radius 1 is 0.190 bits per heavy atom. The van der Waals surface area contributed by atoms with Crippen LogP contribution in [0, 0.1) is 0 Å². The molecule has 0 aromatic heterocycles. The predicted molar refractivity (Wildman–Crippen MR) is 536 cm³/mol. The number of imide groups is 2. The minimum atomic E-state index is -0.214. The quantitative estimate of drug-likeness (QED) is 0.0160. The molecule has 14 aromatic carbocycles. The van der Waals surface area contributed by atoms with Crippen LogP contribution in [0.15, 0.2) is 97.1 Å². The first kappa shape index (κ1) is 90.3. The van der Waals surface area contributed by atoms with Crippen LogP contribution in [0.3, 0.4) is 0 Å². The van der Waals surface area contributed by atoms with E-state index >= 15 is 19.2 Å². The van der Waals surface area contributed by atoms with Crippen LogP contribution in [0.1, 0.15) is 405 Å². The van der Waals surface area contributed by atoms with Gasteiger partial charge in [-0.2, -0.15) is 0 Å². The van der Waals surface area contributed by atoms with Crippen molar-refractivity contribution in [1.29, 1.82) is 0 Å². The largest absolute Gasteiger partial charge is 0.493 e. The fourth-order valence-electron chi connectivity index (χ4n) is 22.9. The van der Waals surface area contributed by atoms with Gasteiger partial charge in [0.2, 0.25) is 0 Å². The molecule has 2 heterocycles. The number of hydrogen-bond acceptors (Lipinski definition) is 8. The van der Waals surface area contributed by atoms with Gasteiger partial charge in [-0.3, -0.25) is 29.0 Å². The molecule has 0 N–H and O–H groups in total. The third kappa shape index (κ3) is 17.9. The summed E-state index contributed by atoms with van der Waals surface area (Å²) in [6.45, 7) is 20.2. The standard InChI is InChI=1S/C116H146N2O8/c1-9-17-25-33-41-49-69-123-95-73-91-105-92(114(120)117(113(91)119)77(53-45-37-29-21-13-5)54-46-38-30-22-14-6)74-96(124-70-50-42-34-26-18-10-2)108-88-66-62-84-80-58-60-82-86-64-68-90-104-89(67-63-85(102(86)104)81-59-57-79(99(80)100(81)82)83-61-65-87(103(88)101(83)84)107(95)111(105)108)109-97(125-71-51-43-35-27-19-11-3)75-93-106-94(76-98(110(90)112(106)109)126-72-52-44-36-28-20-12-4)116(122)118(115(93)121)78(55-47-39-31-23-15-7)56-48-40-32-24-16-8/h57-68,73-78H,9-56,69-72H2,1-8H3. The molecule has 10 heteroatoms. The van der Waals surface area contributed by atoms with Gasteiger partial charge in [0.05, 0.1) is 48.7 Å². The van der Waals surface area contributed by atoms with Crippen molar-refractivity contribution in [3.05, 3.63) is 119 Å². The Balaban J connectivity index is 0.891. The number of nitrogens with zero attached hydrogens (tertiary/aromatic N) is 2. The molecule has 2 aliphatic rings. The van der Waals surface area contributed by atoms with Crippen LogP contribution in [-0.4, -0.2) is 71.9 Å². The van der Waals surface area contributed by atoms with Crippen LogP contribution in [0.5, 0.6) is 23.0 Å². The van der Waals surface area contributed by atoms with E-state index in [2.05, 4.69) is 152 Å². The molecule has 16 rings (SSSR count). The van der Waals surface area contributed by atoms with Gasteiger partial charge in [0, 0.05) is 55.2 Å². The second-order valence-corrected chi connectivity index (χ2v) is 38.4. The number of carbonyl (C=O) groups is 4. The fourth-order valence-corrected chi connectivity index (χ4v) is 22.9. The van der Waals surface area contributed by atoms with Gasteiger partial charge in [-0.1, -0.05) is 385 Å². The van der Waals surface area contributed by atoms with Crippen molar-refractivity contribution in [2.24, 2.45) is 0 Å². The first-order valence-corrected chi connectivity index (χ1v) is 51.5. The van der Waals surface area contributed by atoms with Crippen molar-refractivity contribution in [2.45, 2.75) is 376 Å². The van der Waals surface area contributed by atoms with Crippen molar-refractivity contribution in [1.82, 2.24) is 9.80 Å². The molecule has 0 saturated heterocycles. The highest BCUT2D eigenvalue weighted by Gasteiger charge is 2.43. The molecule has 14 aromatic rings. The van der Waals surface area contributed by atoms with Crippen molar-refractivity contribution in [3.63, 3.8) is 0 Å². The molecule has 0 atom stereocenters. The predicted octanol–water partition coefficient (Wildman–Crippen LogP) is 34.8. The van der Waals surface area contributed by atoms with Crippen LogP contribution >= 0.6 is 0 Å². The van der Waals surface area contributed by atoms with Gasteiger partial charge in [-0.15, -0.1) is 0 Å². The molecule has 0 unspecified atom stereocenters. The third-order valence-corrected chi connectivity index (χ3v) is 29.5. The summed E-state index contributed by atoms with van der Waals surface area (Å²) in [7, 11) is 0. The van der Waals surface area contributed by atoms with Crippen LogP contribution in [-0.2, 0) is 0 Å². The second-order valence-electron chi connectivity index (χ2n) is 38.4. The molecule has 0 aliphatic carbocycles. The molecule has 0 radical (unpaired) electrons. The van der Waals surface area contributed by atoms with Crippen LogP contribution in [0.4, 0.5) is 0 Å². The highest BCUT2D eigenvalue weighted by molar-refractivity contribution is 6.50. The Kier molecular flexibility index (Phi) is 30.8. The molecule has 4 amide bonds. The second kappa shape index (κ2) is 42.9. The molecule has 0 fully saturated rings. The summed E-state index contributed by atoms with van der Waals surface area (Å²) < 4.78 is 29.3. The Hall–Kier alpha value is -9.02. The summed E-state index contributed by atoms with van der Waals surface area (Å²) >= 11 is 0. The fraction of sp³-hybridized carbons (Fsp3) is 0.534. The first-order valence-electron chi connectivity index (χ1n) is 51.5. The van der Waals surface area contributed by atoms with Gasteiger partial charge in [0.25, 0.3) is 23.6 Å². The summed E-state index contributed by atoms with van der Waals surface area (Å²) in [6, 6.07) is 36.2. The van der Waals surface area contributed by atoms with Gasteiger partial charge in [-0.25, -0.2) is 0 Å². The highest BCUT2D eigenvalue weighted by atomic mass is 16.5. The molecule has 10 nitrogen and oxygen atoms in total.